The molecule has 0 unspecified atom stereocenters. The number of aromatic nitrogens is 3. The van der Waals surface area contributed by atoms with Crippen molar-refractivity contribution in [1.82, 2.24) is 14.8 Å². The number of ether oxygens (including phenoxy) is 2. The van der Waals surface area contributed by atoms with Gasteiger partial charge in [-0.25, -0.2) is 0 Å². The lowest BCUT2D eigenvalue weighted by molar-refractivity contribution is -0.113. The lowest BCUT2D eigenvalue weighted by Crippen LogP contribution is -2.15. The van der Waals surface area contributed by atoms with Crippen LogP contribution in [0, 0.1) is 0 Å². The normalized spacial score (nSPS) is 10.7. The van der Waals surface area contributed by atoms with Gasteiger partial charge in [-0.3, -0.25) is 4.79 Å². The van der Waals surface area contributed by atoms with E-state index in [1.54, 1.807) is 25.3 Å². The Hall–Kier alpha value is -2.71. The molecule has 3 rings (SSSR count). The van der Waals surface area contributed by atoms with Crippen molar-refractivity contribution < 1.29 is 14.3 Å². The molecule has 2 aromatic carbocycles. The minimum absolute atomic E-state index is 0.153. The number of hydrogen-bond acceptors (Lipinski definition) is 6. The van der Waals surface area contributed by atoms with Crippen molar-refractivity contribution in [2.24, 2.45) is 0 Å². The molecule has 0 aliphatic heterocycles. The van der Waals surface area contributed by atoms with Crippen LogP contribution in [0.5, 0.6) is 11.5 Å². The number of nitrogens with one attached hydrogen (secondary N) is 1. The van der Waals surface area contributed by atoms with E-state index in [2.05, 4.69) is 15.5 Å². The van der Waals surface area contributed by atoms with Crippen LogP contribution in [-0.2, 0) is 11.3 Å². The molecule has 0 atom stereocenters. The van der Waals surface area contributed by atoms with Crippen LogP contribution in [-0.4, -0.2) is 40.1 Å². The van der Waals surface area contributed by atoms with E-state index >= 15 is 0 Å². The lowest BCUT2D eigenvalue weighted by Gasteiger charge is -2.12. The average molecular weight is 447 g/mol. The number of rotatable bonds is 9. The predicted molar refractivity (Wildman–Crippen MR) is 120 cm³/mol. The van der Waals surface area contributed by atoms with Gasteiger partial charge in [-0.2, -0.15) is 0 Å². The summed E-state index contributed by atoms with van der Waals surface area (Å²) in [6.45, 7) is 5.05. The summed E-state index contributed by atoms with van der Waals surface area (Å²) < 4.78 is 12.9. The van der Waals surface area contributed by atoms with Gasteiger partial charge >= 0.3 is 0 Å². The Bertz CT molecular complexity index is 1030. The van der Waals surface area contributed by atoms with Gasteiger partial charge < -0.3 is 19.4 Å². The summed E-state index contributed by atoms with van der Waals surface area (Å²) in [6, 6.07) is 12.7. The number of thioether (sulfide) groups is 1. The fourth-order valence-electron chi connectivity index (χ4n) is 2.90. The molecule has 0 aliphatic rings. The average Bonchev–Trinajstić information content (AvgIpc) is 3.16. The van der Waals surface area contributed by atoms with Gasteiger partial charge in [0, 0.05) is 11.6 Å². The summed E-state index contributed by atoms with van der Waals surface area (Å²) in [6.07, 6.45) is 0. The van der Waals surface area contributed by atoms with E-state index in [1.807, 2.05) is 42.7 Å². The Kier molecular flexibility index (Phi) is 7.59. The topological polar surface area (TPSA) is 78.3 Å². The molecular formula is C21H23ClN4O3S. The third-order valence-corrected chi connectivity index (χ3v) is 5.43. The van der Waals surface area contributed by atoms with Gasteiger partial charge in [0.1, 0.15) is 11.5 Å². The summed E-state index contributed by atoms with van der Waals surface area (Å²) in [5.41, 5.74) is 1.40. The molecule has 30 heavy (non-hydrogen) atoms. The molecule has 158 valence electrons. The SMILES string of the molecule is CCOc1ccccc1NC(=O)CSc1nnc(-c2cc(Cl)ccc2OC)n1CC. The van der Waals surface area contributed by atoms with Crippen molar-refractivity contribution >= 4 is 35.0 Å². The van der Waals surface area contributed by atoms with Crippen molar-refractivity contribution in [3.8, 4) is 22.9 Å². The first-order valence-corrected chi connectivity index (χ1v) is 10.8. The molecule has 7 nitrogen and oxygen atoms in total. The van der Waals surface area contributed by atoms with E-state index in [0.29, 0.717) is 46.3 Å². The van der Waals surface area contributed by atoms with E-state index in [4.69, 9.17) is 21.1 Å². The molecule has 0 bridgehead atoms. The highest BCUT2D eigenvalue weighted by atomic mass is 35.5. The number of carbonyl (C=O) groups is 1. The summed E-state index contributed by atoms with van der Waals surface area (Å²) in [5, 5.41) is 12.7. The van der Waals surface area contributed by atoms with Crippen molar-refractivity contribution in [2.45, 2.75) is 25.5 Å². The lowest BCUT2D eigenvalue weighted by atomic mass is 10.2. The van der Waals surface area contributed by atoms with Crippen molar-refractivity contribution in [3.05, 3.63) is 47.5 Å². The van der Waals surface area contributed by atoms with Crippen LogP contribution in [0.25, 0.3) is 11.4 Å². The Morgan fingerprint density at radius 3 is 2.70 bits per heavy atom. The fraction of sp³-hybridized carbons (Fsp3) is 0.286. The Labute approximate surface area is 184 Å². The number of anilines is 1. The molecule has 0 aliphatic carbocycles. The first-order valence-electron chi connectivity index (χ1n) is 9.48. The second kappa shape index (κ2) is 10.4. The highest BCUT2D eigenvalue weighted by Crippen LogP contribution is 2.33. The Balaban J connectivity index is 1.74. The van der Waals surface area contributed by atoms with E-state index in [9.17, 15) is 4.79 Å². The number of carbonyl (C=O) groups excluding carboxylic acids is 1. The van der Waals surface area contributed by atoms with Gasteiger partial charge in [-0.1, -0.05) is 35.5 Å². The number of methoxy groups -OCH3 is 1. The van der Waals surface area contributed by atoms with E-state index < -0.39 is 0 Å². The zero-order valence-electron chi connectivity index (χ0n) is 17.0. The van der Waals surface area contributed by atoms with Crippen LogP contribution in [0.2, 0.25) is 5.02 Å². The first kappa shape index (κ1) is 22.0. The molecule has 0 saturated carbocycles. The molecule has 1 N–H and O–H groups in total. The summed E-state index contributed by atoms with van der Waals surface area (Å²) >= 11 is 7.47. The van der Waals surface area contributed by atoms with Gasteiger partial charge in [-0.05, 0) is 44.2 Å². The summed E-state index contributed by atoms with van der Waals surface area (Å²) in [4.78, 5) is 12.5. The van der Waals surface area contributed by atoms with E-state index in [-0.39, 0.29) is 11.7 Å². The molecule has 9 heteroatoms. The van der Waals surface area contributed by atoms with Gasteiger partial charge in [0.2, 0.25) is 5.91 Å². The third-order valence-electron chi connectivity index (χ3n) is 4.23. The maximum Gasteiger partial charge on any atom is 0.234 e. The molecule has 0 radical (unpaired) electrons. The predicted octanol–water partition coefficient (Wildman–Crippen LogP) is 4.76. The summed E-state index contributed by atoms with van der Waals surface area (Å²) in [5.74, 6) is 1.97. The van der Waals surface area contributed by atoms with Crippen molar-refractivity contribution in [1.29, 1.82) is 0 Å². The van der Waals surface area contributed by atoms with Gasteiger partial charge in [0.25, 0.3) is 0 Å². The van der Waals surface area contributed by atoms with Crippen LogP contribution < -0.4 is 14.8 Å². The van der Waals surface area contributed by atoms with Gasteiger partial charge in [0.15, 0.2) is 11.0 Å². The second-order valence-electron chi connectivity index (χ2n) is 6.16. The molecule has 0 saturated heterocycles. The molecule has 1 aromatic heterocycles. The van der Waals surface area contributed by atoms with Crippen LogP contribution >= 0.6 is 23.4 Å². The largest absolute Gasteiger partial charge is 0.496 e. The van der Waals surface area contributed by atoms with Gasteiger partial charge in [0.05, 0.1) is 30.7 Å². The molecule has 1 heterocycles. The zero-order chi connectivity index (χ0) is 21.5. The monoisotopic (exact) mass is 446 g/mol. The van der Waals surface area contributed by atoms with Crippen LogP contribution in [0.3, 0.4) is 0 Å². The highest BCUT2D eigenvalue weighted by Gasteiger charge is 2.18. The van der Waals surface area contributed by atoms with E-state index in [1.165, 1.54) is 11.8 Å². The van der Waals surface area contributed by atoms with Crippen LogP contribution in [0.1, 0.15) is 13.8 Å². The molecular weight excluding hydrogens is 424 g/mol. The Morgan fingerprint density at radius 1 is 1.17 bits per heavy atom. The number of halogens is 1. The van der Waals surface area contributed by atoms with Crippen molar-refractivity contribution in [2.75, 3.05) is 24.8 Å². The minimum atomic E-state index is -0.153. The maximum absolute atomic E-state index is 12.5. The number of nitrogens with zero attached hydrogens (tertiary/aromatic N) is 3. The number of amides is 1. The Morgan fingerprint density at radius 2 is 1.97 bits per heavy atom. The molecule has 1 amide bonds. The standard InChI is InChI=1S/C21H23ClN4O3S/c1-4-26-20(15-12-14(22)10-11-17(15)28-3)24-25-21(26)30-13-19(27)23-16-8-6-7-9-18(16)29-5-2/h6-12H,4-5,13H2,1-3H3,(H,23,27). The number of benzene rings is 2. The number of hydrogen-bond donors (Lipinski definition) is 1. The molecule has 0 fully saturated rings. The quantitative estimate of drug-likeness (QED) is 0.477. The minimum Gasteiger partial charge on any atom is -0.496 e. The molecule has 3 aromatic rings. The third kappa shape index (κ3) is 5.06. The summed E-state index contributed by atoms with van der Waals surface area (Å²) in [7, 11) is 1.60. The first-order chi connectivity index (χ1) is 14.6. The number of para-hydroxylation sites is 2. The smallest absolute Gasteiger partial charge is 0.234 e. The van der Waals surface area contributed by atoms with Crippen LogP contribution in [0.15, 0.2) is 47.6 Å². The zero-order valence-corrected chi connectivity index (χ0v) is 18.6. The van der Waals surface area contributed by atoms with Gasteiger partial charge in [-0.15, -0.1) is 10.2 Å². The maximum atomic E-state index is 12.5. The molecule has 0 spiro atoms. The van der Waals surface area contributed by atoms with E-state index in [0.717, 1.165) is 5.56 Å². The highest BCUT2D eigenvalue weighted by molar-refractivity contribution is 7.99. The van der Waals surface area contributed by atoms with Crippen LogP contribution in [0.4, 0.5) is 5.69 Å². The second-order valence-corrected chi connectivity index (χ2v) is 7.54. The fourth-order valence-corrected chi connectivity index (χ4v) is 3.88. The van der Waals surface area contributed by atoms with Crippen molar-refractivity contribution in [3.63, 3.8) is 0 Å².